The van der Waals surface area contributed by atoms with Crippen molar-refractivity contribution in [2.24, 2.45) is 0 Å². The van der Waals surface area contributed by atoms with Crippen LogP contribution in [0.25, 0.3) is 0 Å². The van der Waals surface area contributed by atoms with Crippen molar-refractivity contribution < 1.29 is 4.92 Å². The van der Waals surface area contributed by atoms with E-state index in [0.717, 1.165) is 12.1 Å². The van der Waals surface area contributed by atoms with Gasteiger partial charge in [-0.05, 0) is 20.4 Å². The molecule has 0 amide bonds. The SMILES string of the molecule is CCC(NC)C(C)c1cc([N+](=O)[O-])c(C)cn1. The molecule has 0 aliphatic carbocycles. The fourth-order valence-corrected chi connectivity index (χ4v) is 1.99. The van der Waals surface area contributed by atoms with Crippen LogP contribution in [-0.2, 0) is 0 Å². The van der Waals surface area contributed by atoms with Crippen molar-refractivity contribution in [2.75, 3.05) is 7.05 Å². The van der Waals surface area contributed by atoms with Crippen molar-refractivity contribution in [1.29, 1.82) is 0 Å². The van der Waals surface area contributed by atoms with Crippen LogP contribution < -0.4 is 5.32 Å². The van der Waals surface area contributed by atoms with Gasteiger partial charge in [0.1, 0.15) is 0 Å². The van der Waals surface area contributed by atoms with Gasteiger partial charge in [-0.25, -0.2) is 0 Å². The van der Waals surface area contributed by atoms with Crippen molar-refractivity contribution >= 4 is 5.69 Å². The molecule has 2 atom stereocenters. The molecule has 0 saturated heterocycles. The van der Waals surface area contributed by atoms with Gasteiger partial charge in [0.2, 0.25) is 0 Å². The number of nitro groups is 1. The third-order valence-corrected chi connectivity index (χ3v) is 3.17. The topological polar surface area (TPSA) is 68.1 Å². The van der Waals surface area contributed by atoms with Gasteiger partial charge in [0.05, 0.1) is 10.6 Å². The zero-order chi connectivity index (χ0) is 13.0. The molecule has 94 valence electrons. The molecular formula is C12H19N3O2. The van der Waals surface area contributed by atoms with Gasteiger partial charge in [-0.15, -0.1) is 0 Å². The van der Waals surface area contributed by atoms with Crippen LogP contribution in [0.2, 0.25) is 0 Å². The summed E-state index contributed by atoms with van der Waals surface area (Å²) in [5.41, 5.74) is 1.51. The zero-order valence-electron chi connectivity index (χ0n) is 10.7. The smallest absolute Gasteiger partial charge is 0.275 e. The Morgan fingerprint density at radius 3 is 2.71 bits per heavy atom. The molecule has 0 bridgehead atoms. The molecule has 2 unspecified atom stereocenters. The average Bonchev–Trinajstić information content (AvgIpc) is 2.30. The molecule has 1 aromatic rings. The first-order chi connectivity index (χ1) is 8.01. The van der Waals surface area contributed by atoms with E-state index in [2.05, 4.69) is 17.2 Å². The molecule has 17 heavy (non-hydrogen) atoms. The summed E-state index contributed by atoms with van der Waals surface area (Å²) in [5, 5.41) is 14.1. The normalized spacial score (nSPS) is 14.4. The number of nitrogens with zero attached hydrogens (tertiary/aromatic N) is 2. The maximum absolute atomic E-state index is 10.9. The molecule has 1 rings (SSSR count). The molecular weight excluding hydrogens is 218 g/mol. The van der Waals surface area contributed by atoms with E-state index in [-0.39, 0.29) is 22.6 Å². The molecule has 0 saturated carbocycles. The Morgan fingerprint density at radius 2 is 2.24 bits per heavy atom. The molecule has 1 heterocycles. The molecule has 0 aromatic carbocycles. The second-order valence-corrected chi connectivity index (χ2v) is 4.24. The second kappa shape index (κ2) is 5.72. The predicted octanol–water partition coefficient (Wildman–Crippen LogP) is 2.40. The fraction of sp³-hybridized carbons (Fsp3) is 0.583. The Labute approximate surface area is 101 Å². The number of hydrogen-bond donors (Lipinski definition) is 1. The highest BCUT2D eigenvalue weighted by atomic mass is 16.6. The Bertz CT molecular complexity index is 403. The Morgan fingerprint density at radius 1 is 1.59 bits per heavy atom. The monoisotopic (exact) mass is 237 g/mol. The molecule has 1 N–H and O–H groups in total. The molecule has 0 spiro atoms. The van der Waals surface area contributed by atoms with E-state index >= 15 is 0 Å². The van der Waals surface area contributed by atoms with Crippen molar-refractivity contribution in [3.05, 3.63) is 33.6 Å². The maximum Gasteiger partial charge on any atom is 0.275 e. The largest absolute Gasteiger partial charge is 0.316 e. The van der Waals surface area contributed by atoms with Crippen molar-refractivity contribution in [2.45, 2.75) is 39.2 Å². The highest BCUT2D eigenvalue weighted by Gasteiger charge is 2.20. The fourth-order valence-electron chi connectivity index (χ4n) is 1.99. The van der Waals surface area contributed by atoms with Crippen LogP contribution >= 0.6 is 0 Å². The minimum atomic E-state index is -0.354. The number of aromatic nitrogens is 1. The highest BCUT2D eigenvalue weighted by Crippen LogP contribution is 2.24. The lowest BCUT2D eigenvalue weighted by molar-refractivity contribution is -0.385. The van der Waals surface area contributed by atoms with Crippen LogP contribution in [0.4, 0.5) is 5.69 Å². The standard InChI is InChI=1S/C12H19N3O2/c1-5-10(13-4)9(3)11-6-12(15(16)17)8(2)7-14-11/h6-7,9-10,13H,5H2,1-4H3. The van der Waals surface area contributed by atoms with Crippen molar-refractivity contribution in [3.63, 3.8) is 0 Å². The van der Waals surface area contributed by atoms with E-state index in [9.17, 15) is 10.1 Å². The summed E-state index contributed by atoms with van der Waals surface area (Å²) in [6.45, 7) is 5.82. The third kappa shape index (κ3) is 3.00. The van der Waals surface area contributed by atoms with Crippen LogP contribution in [0.3, 0.4) is 0 Å². The molecule has 5 nitrogen and oxygen atoms in total. The number of rotatable bonds is 5. The molecule has 0 radical (unpaired) electrons. The highest BCUT2D eigenvalue weighted by molar-refractivity contribution is 5.39. The van der Waals surface area contributed by atoms with Crippen LogP contribution in [0.5, 0.6) is 0 Å². The molecule has 0 aliphatic rings. The van der Waals surface area contributed by atoms with Crippen LogP contribution in [0.1, 0.15) is 37.4 Å². The number of hydrogen-bond acceptors (Lipinski definition) is 4. The van der Waals surface area contributed by atoms with Crippen LogP contribution in [0, 0.1) is 17.0 Å². The van der Waals surface area contributed by atoms with Crippen LogP contribution in [-0.4, -0.2) is 23.0 Å². The first kappa shape index (κ1) is 13.6. The van der Waals surface area contributed by atoms with Crippen LogP contribution in [0.15, 0.2) is 12.3 Å². The Kier molecular flexibility index (Phi) is 4.57. The number of nitrogens with one attached hydrogen (secondary N) is 1. The van der Waals surface area contributed by atoms with Gasteiger partial charge >= 0.3 is 0 Å². The Hall–Kier alpha value is -1.49. The van der Waals surface area contributed by atoms with Gasteiger partial charge in [0, 0.05) is 29.8 Å². The molecule has 0 aliphatic heterocycles. The lowest BCUT2D eigenvalue weighted by atomic mass is 9.95. The quantitative estimate of drug-likeness (QED) is 0.630. The van der Waals surface area contributed by atoms with E-state index in [1.54, 1.807) is 19.2 Å². The first-order valence-corrected chi connectivity index (χ1v) is 5.79. The van der Waals surface area contributed by atoms with Crippen molar-refractivity contribution in [3.8, 4) is 0 Å². The molecule has 1 aromatic heterocycles. The average molecular weight is 237 g/mol. The van der Waals surface area contributed by atoms with Gasteiger partial charge in [-0.1, -0.05) is 13.8 Å². The van der Waals surface area contributed by atoms with Crippen molar-refractivity contribution in [1.82, 2.24) is 10.3 Å². The number of pyridine rings is 1. The van der Waals surface area contributed by atoms with E-state index in [1.165, 1.54) is 0 Å². The summed E-state index contributed by atoms with van der Waals surface area (Å²) in [6.07, 6.45) is 2.54. The van der Waals surface area contributed by atoms with Gasteiger partial charge < -0.3 is 5.32 Å². The van der Waals surface area contributed by atoms with Gasteiger partial charge in [0.25, 0.3) is 5.69 Å². The first-order valence-electron chi connectivity index (χ1n) is 5.79. The lowest BCUT2D eigenvalue weighted by Gasteiger charge is -2.21. The minimum absolute atomic E-state index is 0.146. The van der Waals surface area contributed by atoms with Gasteiger partial charge in [0.15, 0.2) is 0 Å². The summed E-state index contributed by atoms with van der Waals surface area (Å²) in [5.74, 6) is 0.157. The maximum atomic E-state index is 10.9. The number of likely N-dealkylation sites (N-methyl/N-ethyl adjacent to an activating group) is 1. The molecule has 5 heteroatoms. The van der Waals surface area contributed by atoms with Gasteiger partial charge in [-0.3, -0.25) is 15.1 Å². The summed E-state index contributed by atoms with van der Waals surface area (Å²) in [6, 6.07) is 1.87. The summed E-state index contributed by atoms with van der Waals surface area (Å²) in [7, 11) is 1.90. The summed E-state index contributed by atoms with van der Waals surface area (Å²) >= 11 is 0. The Balaban J connectivity index is 3.06. The minimum Gasteiger partial charge on any atom is -0.316 e. The third-order valence-electron chi connectivity index (χ3n) is 3.17. The second-order valence-electron chi connectivity index (χ2n) is 4.24. The number of aryl methyl sites for hydroxylation is 1. The zero-order valence-corrected chi connectivity index (χ0v) is 10.7. The van der Waals surface area contributed by atoms with E-state index in [0.29, 0.717) is 5.56 Å². The summed E-state index contributed by atoms with van der Waals surface area (Å²) in [4.78, 5) is 14.8. The molecule has 0 fully saturated rings. The van der Waals surface area contributed by atoms with E-state index in [1.807, 2.05) is 14.0 Å². The van der Waals surface area contributed by atoms with E-state index < -0.39 is 0 Å². The predicted molar refractivity (Wildman–Crippen MR) is 67.2 cm³/mol. The lowest BCUT2D eigenvalue weighted by Crippen LogP contribution is -2.30. The van der Waals surface area contributed by atoms with Gasteiger partial charge in [-0.2, -0.15) is 0 Å². The summed E-state index contributed by atoms with van der Waals surface area (Å²) < 4.78 is 0. The van der Waals surface area contributed by atoms with E-state index in [4.69, 9.17) is 0 Å².